The van der Waals surface area contributed by atoms with Gasteiger partial charge in [-0.3, -0.25) is 4.79 Å². The van der Waals surface area contributed by atoms with Crippen molar-refractivity contribution < 1.29 is 17.9 Å². The van der Waals surface area contributed by atoms with Crippen LogP contribution in [0.2, 0.25) is 0 Å². The molecule has 148 valence electrons. The van der Waals surface area contributed by atoms with Gasteiger partial charge in [-0.15, -0.1) is 0 Å². The Kier molecular flexibility index (Phi) is 4.90. The Balaban J connectivity index is 1.50. The lowest BCUT2D eigenvalue weighted by Crippen LogP contribution is -2.59. The van der Waals surface area contributed by atoms with Gasteiger partial charge in [0.2, 0.25) is 15.9 Å². The second kappa shape index (κ2) is 6.83. The molecule has 1 aromatic rings. The van der Waals surface area contributed by atoms with Crippen LogP contribution >= 0.6 is 15.9 Å². The Morgan fingerprint density at radius 1 is 1.15 bits per heavy atom. The number of piperidine rings is 1. The molecule has 27 heavy (non-hydrogen) atoms. The van der Waals surface area contributed by atoms with E-state index >= 15 is 0 Å². The van der Waals surface area contributed by atoms with Gasteiger partial charge >= 0.3 is 0 Å². The van der Waals surface area contributed by atoms with Gasteiger partial charge in [0, 0.05) is 23.6 Å². The van der Waals surface area contributed by atoms with Crippen molar-refractivity contribution in [2.75, 3.05) is 26.2 Å². The summed E-state index contributed by atoms with van der Waals surface area (Å²) in [4.78, 5) is 14.4. The van der Waals surface area contributed by atoms with E-state index in [0.717, 1.165) is 28.4 Å². The lowest BCUT2D eigenvalue weighted by molar-refractivity contribution is -0.170. The molecule has 0 atom stereocenters. The monoisotopic (exact) mass is 456 g/mol. The molecule has 6 nitrogen and oxygen atoms in total. The largest absolute Gasteiger partial charge is 0.363 e. The molecule has 0 aromatic heterocycles. The van der Waals surface area contributed by atoms with Crippen LogP contribution in [0.3, 0.4) is 0 Å². The Bertz CT molecular complexity index is 874. The third-order valence-electron chi connectivity index (χ3n) is 6.19. The zero-order chi connectivity index (χ0) is 19.4. The molecule has 0 unspecified atom stereocenters. The number of halogens is 1. The second-order valence-electron chi connectivity index (χ2n) is 7.92. The van der Waals surface area contributed by atoms with Gasteiger partial charge in [0.15, 0.2) is 0 Å². The van der Waals surface area contributed by atoms with Crippen LogP contribution in [0, 0.1) is 13.8 Å². The fraction of sp³-hybridized carbons (Fsp3) is 0.632. The number of morpholine rings is 1. The fourth-order valence-corrected chi connectivity index (χ4v) is 6.23. The summed E-state index contributed by atoms with van der Waals surface area (Å²) < 4.78 is 34.8. The predicted octanol–water partition coefficient (Wildman–Crippen LogP) is 2.61. The van der Waals surface area contributed by atoms with E-state index in [0.29, 0.717) is 43.4 Å². The smallest absolute Gasteiger partial charge is 0.248 e. The van der Waals surface area contributed by atoms with Crippen LogP contribution in [0.4, 0.5) is 0 Å². The number of nitrogens with zero attached hydrogens (tertiary/aromatic N) is 2. The number of benzene rings is 1. The van der Waals surface area contributed by atoms with Crippen LogP contribution in [0.25, 0.3) is 0 Å². The van der Waals surface area contributed by atoms with Crippen molar-refractivity contribution in [3.05, 3.63) is 27.7 Å². The molecule has 0 N–H and O–H groups in total. The maximum absolute atomic E-state index is 13.2. The molecule has 1 amide bonds. The highest BCUT2D eigenvalue weighted by atomic mass is 79.9. The quantitative estimate of drug-likeness (QED) is 0.700. The lowest BCUT2D eigenvalue weighted by Gasteiger charge is -2.46. The van der Waals surface area contributed by atoms with Crippen LogP contribution in [-0.4, -0.2) is 61.4 Å². The van der Waals surface area contributed by atoms with Crippen LogP contribution in [-0.2, 0) is 19.6 Å². The number of hydrogen-bond acceptors (Lipinski definition) is 4. The highest BCUT2D eigenvalue weighted by Crippen LogP contribution is 2.37. The summed E-state index contributed by atoms with van der Waals surface area (Å²) in [5.74, 6) is 0.0686. The SMILES string of the molecule is Cc1c(Br)ccc(S(=O)(=O)N2CCC3(CC2)CN(C2CC2)C(=O)CO3)c1C. The van der Waals surface area contributed by atoms with E-state index in [4.69, 9.17) is 4.74 Å². The molecule has 4 rings (SSSR count). The Morgan fingerprint density at radius 2 is 1.81 bits per heavy atom. The summed E-state index contributed by atoms with van der Waals surface area (Å²) in [7, 11) is -3.54. The van der Waals surface area contributed by atoms with Crippen molar-refractivity contribution in [3.8, 4) is 0 Å². The molecular weight excluding hydrogens is 432 g/mol. The highest BCUT2D eigenvalue weighted by molar-refractivity contribution is 9.10. The van der Waals surface area contributed by atoms with E-state index in [2.05, 4.69) is 15.9 Å². The van der Waals surface area contributed by atoms with Gasteiger partial charge in [-0.2, -0.15) is 4.31 Å². The molecule has 1 saturated carbocycles. The van der Waals surface area contributed by atoms with E-state index in [1.54, 1.807) is 16.4 Å². The molecule has 1 aromatic carbocycles. The van der Waals surface area contributed by atoms with Crippen molar-refractivity contribution in [1.82, 2.24) is 9.21 Å². The molecule has 8 heteroatoms. The first-order valence-electron chi connectivity index (χ1n) is 9.43. The summed E-state index contributed by atoms with van der Waals surface area (Å²) in [6.07, 6.45) is 3.39. The minimum Gasteiger partial charge on any atom is -0.363 e. The average Bonchev–Trinajstić information content (AvgIpc) is 3.47. The molecule has 2 saturated heterocycles. The molecule has 1 spiro atoms. The van der Waals surface area contributed by atoms with E-state index in [-0.39, 0.29) is 12.5 Å². The standard InChI is InChI=1S/C19H25BrN2O4S/c1-13-14(2)17(6-5-16(13)20)27(24,25)21-9-7-19(8-10-21)12-22(15-3-4-15)18(23)11-26-19/h5-6,15H,3-4,7-12H2,1-2H3. The molecule has 2 heterocycles. The van der Waals surface area contributed by atoms with Crippen molar-refractivity contribution in [2.24, 2.45) is 0 Å². The Labute approximate surface area is 169 Å². The number of carbonyl (C=O) groups excluding carboxylic acids is 1. The summed E-state index contributed by atoms with van der Waals surface area (Å²) in [6.45, 7) is 5.33. The van der Waals surface area contributed by atoms with Crippen molar-refractivity contribution in [2.45, 2.75) is 56.1 Å². The van der Waals surface area contributed by atoms with E-state index < -0.39 is 15.6 Å². The molecule has 0 radical (unpaired) electrons. The van der Waals surface area contributed by atoms with Gasteiger partial charge in [-0.25, -0.2) is 8.42 Å². The topological polar surface area (TPSA) is 66.9 Å². The minimum atomic E-state index is -3.54. The van der Waals surface area contributed by atoms with Gasteiger partial charge in [0.1, 0.15) is 6.61 Å². The van der Waals surface area contributed by atoms with Crippen molar-refractivity contribution in [3.63, 3.8) is 0 Å². The summed E-state index contributed by atoms with van der Waals surface area (Å²) in [5.41, 5.74) is 1.33. The average molecular weight is 457 g/mol. The van der Waals surface area contributed by atoms with Gasteiger partial charge in [0.05, 0.1) is 17.0 Å². The first kappa shape index (κ1) is 19.4. The molecule has 0 bridgehead atoms. The summed E-state index contributed by atoms with van der Waals surface area (Å²) in [5, 5.41) is 0. The van der Waals surface area contributed by atoms with Crippen LogP contribution < -0.4 is 0 Å². The van der Waals surface area contributed by atoms with Crippen LogP contribution in [0.5, 0.6) is 0 Å². The number of carbonyl (C=O) groups is 1. The fourth-order valence-electron chi connectivity index (χ4n) is 4.08. The van der Waals surface area contributed by atoms with Gasteiger partial charge in [-0.1, -0.05) is 15.9 Å². The first-order chi connectivity index (χ1) is 12.7. The zero-order valence-electron chi connectivity index (χ0n) is 15.7. The summed E-state index contributed by atoms with van der Waals surface area (Å²) >= 11 is 3.46. The zero-order valence-corrected chi connectivity index (χ0v) is 18.1. The first-order valence-corrected chi connectivity index (χ1v) is 11.7. The van der Waals surface area contributed by atoms with Gasteiger partial charge in [0.25, 0.3) is 0 Å². The van der Waals surface area contributed by atoms with E-state index in [9.17, 15) is 13.2 Å². The lowest BCUT2D eigenvalue weighted by atomic mass is 9.90. The van der Waals surface area contributed by atoms with E-state index in [1.807, 2.05) is 18.7 Å². The van der Waals surface area contributed by atoms with E-state index in [1.165, 1.54) is 0 Å². The molecule has 3 aliphatic rings. The number of ether oxygens (including phenoxy) is 1. The third kappa shape index (κ3) is 3.45. The molecule has 3 fully saturated rings. The maximum atomic E-state index is 13.2. The third-order valence-corrected chi connectivity index (χ3v) is 9.09. The second-order valence-corrected chi connectivity index (χ2v) is 10.7. The molecule has 2 aliphatic heterocycles. The predicted molar refractivity (Wildman–Crippen MR) is 105 cm³/mol. The maximum Gasteiger partial charge on any atom is 0.248 e. The Hall–Kier alpha value is -0.960. The van der Waals surface area contributed by atoms with Crippen LogP contribution in [0.1, 0.15) is 36.8 Å². The number of rotatable bonds is 3. The van der Waals surface area contributed by atoms with Crippen molar-refractivity contribution in [1.29, 1.82) is 0 Å². The molecular formula is C19H25BrN2O4S. The minimum absolute atomic E-state index is 0.0686. The van der Waals surface area contributed by atoms with Gasteiger partial charge in [-0.05, 0) is 62.8 Å². The Morgan fingerprint density at radius 3 is 2.44 bits per heavy atom. The van der Waals surface area contributed by atoms with Crippen molar-refractivity contribution >= 4 is 31.9 Å². The normalized spacial score (nSPS) is 23.8. The number of sulfonamides is 1. The number of amides is 1. The van der Waals surface area contributed by atoms with Gasteiger partial charge < -0.3 is 9.64 Å². The summed E-state index contributed by atoms with van der Waals surface area (Å²) in [6, 6.07) is 3.84. The highest BCUT2D eigenvalue weighted by Gasteiger charge is 2.47. The number of hydrogen-bond donors (Lipinski definition) is 0. The molecule has 1 aliphatic carbocycles. The van der Waals surface area contributed by atoms with Crippen LogP contribution in [0.15, 0.2) is 21.5 Å².